The average molecular weight is 812 g/mol. The molecule has 0 saturated carbocycles. The van der Waals surface area contributed by atoms with Crippen LogP contribution < -0.4 is 5.73 Å². The van der Waals surface area contributed by atoms with Crippen molar-refractivity contribution in [3.8, 4) is 0 Å². The van der Waals surface area contributed by atoms with Gasteiger partial charge >= 0.3 is 19.8 Å². The number of carbonyl (C=O) groups excluding carboxylic acids is 2. The van der Waals surface area contributed by atoms with E-state index < -0.39 is 26.5 Å². The number of phosphoric acid groups is 1. The highest BCUT2D eigenvalue weighted by Crippen LogP contribution is 2.43. The van der Waals surface area contributed by atoms with Crippen molar-refractivity contribution >= 4 is 19.8 Å². The second kappa shape index (κ2) is 42.8. The number of unbranched alkanes of at least 4 members (excludes halogenated alkanes) is 24. The lowest BCUT2D eigenvalue weighted by molar-refractivity contribution is -0.161. The van der Waals surface area contributed by atoms with Crippen molar-refractivity contribution < 1.29 is 37.6 Å². The molecule has 0 aliphatic carbocycles. The first-order valence-electron chi connectivity index (χ1n) is 23.0. The third-order valence-corrected chi connectivity index (χ3v) is 10.8. The number of allylic oxidation sites excluding steroid dienone is 6. The second-order valence-electron chi connectivity index (χ2n) is 15.3. The van der Waals surface area contributed by atoms with Crippen LogP contribution in [0.3, 0.4) is 0 Å². The van der Waals surface area contributed by atoms with Gasteiger partial charge in [-0.2, -0.15) is 0 Å². The molecule has 0 aliphatic heterocycles. The molecule has 0 saturated heterocycles. The first kappa shape index (κ1) is 54.2. The fraction of sp³-hybridized carbons (Fsp3) is 0.826. The minimum Gasteiger partial charge on any atom is -0.462 e. The van der Waals surface area contributed by atoms with Gasteiger partial charge in [-0.3, -0.25) is 18.6 Å². The zero-order chi connectivity index (χ0) is 41.1. The summed E-state index contributed by atoms with van der Waals surface area (Å²) in [7, 11) is -4.39. The van der Waals surface area contributed by atoms with Gasteiger partial charge in [0, 0.05) is 19.4 Å². The quantitative estimate of drug-likeness (QED) is 0.0267. The smallest absolute Gasteiger partial charge is 0.462 e. The van der Waals surface area contributed by atoms with Gasteiger partial charge in [-0.1, -0.05) is 185 Å². The molecule has 0 radical (unpaired) electrons. The predicted octanol–water partition coefficient (Wildman–Crippen LogP) is 13.3. The van der Waals surface area contributed by atoms with Gasteiger partial charge in [-0.15, -0.1) is 0 Å². The van der Waals surface area contributed by atoms with Crippen molar-refractivity contribution in [3.05, 3.63) is 36.5 Å². The first-order valence-corrected chi connectivity index (χ1v) is 24.5. The van der Waals surface area contributed by atoms with Crippen molar-refractivity contribution in [2.24, 2.45) is 5.73 Å². The van der Waals surface area contributed by atoms with E-state index >= 15 is 0 Å². The maximum atomic E-state index is 12.6. The molecular weight excluding hydrogens is 725 g/mol. The van der Waals surface area contributed by atoms with Gasteiger partial charge in [0.15, 0.2) is 6.10 Å². The molecular formula is C46H86NO8P. The molecule has 0 aromatic rings. The molecule has 3 N–H and O–H groups in total. The number of rotatable bonds is 43. The number of hydrogen-bond donors (Lipinski definition) is 2. The fourth-order valence-electron chi connectivity index (χ4n) is 6.35. The Hall–Kier alpha value is -1.77. The lowest BCUT2D eigenvalue weighted by Gasteiger charge is -2.19. The molecule has 2 atom stereocenters. The van der Waals surface area contributed by atoms with Crippen LogP contribution in [0.15, 0.2) is 36.5 Å². The molecule has 56 heavy (non-hydrogen) atoms. The zero-order valence-electron chi connectivity index (χ0n) is 36.1. The maximum Gasteiger partial charge on any atom is 0.472 e. The maximum absolute atomic E-state index is 12.6. The molecule has 0 rings (SSSR count). The Bertz CT molecular complexity index is 1020. The van der Waals surface area contributed by atoms with E-state index in [1.165, 1.54) is 128 Å². The highest BCUT2D eigenvalue weighted by atomic mass is 31.2. The molecule has 10 heteroatoms. The van der Waals surface area contributed by atoms with E-state index in [4.69, 9.17) is 24.3 Å². The Morgan fingerprint density at radius 2 is 0.929 bits per heavy atom. The van der Waals surface area contributed by atoms with Crippen molar-refractivity contribution in [1.29, 1.82) is 0 Å². The Balaban J connectivity index is 4.12. The van der Waals surface area contributed by atoms with Crippen LogP contribution >= 0.6 is 7.82 Å². The van der Waals surface area contributed by atoms with E-state index in [1.54, 1.807) is 0 Å². The highest BCUT2D eigenvalue weighted by Gasteiger charge is 2.26. The number of ether oxygens (including phenoxy) is 2. The minimum atomic E-state index is -4.39. The van der Waals surface area contributed by atoms with Gasteiger partial charge in [0.05, 0.1) is 13.2 Å². The summed E-state index contributed by atoms with van der Waals surface area (Å²) in [6.07, 6.45) is 47.5. The Morgan fingerprint density at radius 3 is 1.41 bits per heavy atom. The third-order valence-electron chi connectivity index (χ3n) is 9.78. The topological polar surface area (TPSA) is 134 Å². The van der Waals surface area contributed by atoms with Crippen molar-refractivity contribution in [2.75, 3.05) is 26.4 Å². The normalized spacial score (nSPS) is 13.6. The van der Waals surface area contributed by atoms with Crippen LogP contribution in [0.25, 0.3) is 0 Å². The number of phosphoric ester groups is 1. The second-order valence-corrected chi connectivity index (χ2v) is 16.7. The number of carbonyl (C=O) groups is 2. The van der Waals surface area contributed by atoms with Crippen LogP contribution in [0.1, 0.15) is 213 Å². The van der Waals surface area contributed by atoms with Gasteiger partial charge in [0.25, 0.3) is 0 Å². The SMILES string of the molecule is CCCCC/C=C/C/C=C/C/C=C/CCCCC(=O)O[C@H](COC(=O)CCCCCCCCCCCCCCCCCCCCCC)COP(=O)(O)OCCN. The number of hydrogen-bond acceptors (Lipinski definition) is 8. The molecule has 0 heterocycles. The standard InChI is InChI=1S/C46H86NO8P/c1-3-5-7-9-11-13-15-17-19-20-21-22-23-25-26-28-30-32-34-36-38-45(48)52-42-44(43-54-56(50,51)53-41-40-47)55-46(49)39-37-35-33-31-29-27-24-18-16-14-12-10-8-6-4-2/h12,14,18,24,29,31,44H,3-11,13,15-17,19-23,25-28,30,32-43,47H2,1-2H3,(H,50,51)/b14-12+,24-18+,31-29+/t44-/m1/s1. The minimum absolute atomic E-state index is 0.0478. The summed E-state index contributed by atoms with van der Waals surface area (Å²) in [4.78, 5) is 34.9. The molecule has 1 unspecified atom stereocenters. The van der Waals surface area contributed by atoms with Crippen LogP contribution in [-0.2, 0) is 32.7 Å². The van der Waals surface area contributed by atoms with Gasteiger partial charge in [-0.05, 0) is 51.4 Å². The van der Waals surface area contributed by atoms with Crippen LogP contribution in [0, 0.1) is 0 Å². The van der Waals surface area contributed by atoms with Gasteiger partial charge in [-0.25, -0.2) is 4.57 Å². The zero-order valence-corrected chi connectivity index (χ0v) is 37.0. The summed E-state index contributed by atoms with van der Waals surface area (Å²) in [5, 5.41) is 0. The molecule has 0 aromatic heterocycles. The Labute approximate surface area is 344 Å². The van der Waals surface area contributed by atoms with E-state index in [9.17, 15) is 19.0 Å². The van der Waals surface area contributed by atoms with Gasteiger partial charge < -0.3 is 20.1 Å². The predicted molar refractivity (Wildman–Crippen MR) is 234 cm³/mol. The summed E-state index contributed by atoms with van der Waals surface area (Å²) >= 11 is 0. The molecule has 0 spiro atoms. The van der Waals surface area contributed by atoms with E-state index in [0.29, 0.717) is 6.42 Å². The average Bonchev–Trinajstić information content (AvgIpc) is 3.18. The lowest BCUT2D eigenvalue weighted by Crippen LogP contribution is -2.29. The van der Waals surface area contributed by atoms with Crippen LogP contribution in [0.4, 0.5) is 0 Å². The van der Waals surface area contributed by atoms with E-state index in [0.717, 1.165) is 51.4 Å². The van der Waals surface area contributed by atoms with Gasteiger partial charge in [0.1, 0.15) is 6.61 Å². The van der Waals surface area contributed by atoms with Crippen molar-refractivity contribution in [1.82, 2.24) is 0 Å². The molecule has 9 nitrogen and oxygen atoms in total. The third kappa shape index (κ3) is 41.9. The number of nitrogens with two attached hydrogens (primary N) is 1. The number of esters is 2. The summed E-state index contributed by atoms with van der Waals surface area (Å²) < 4.78 is 32.8. The Kier molecular flexibility index (Phi) is 41.5. The van der Waals surface area contributed by atoms with Crippen LogP contribution in [0.5, 0.6) is 0 Å². The molecule has 0 amide bonds. The van der Waals surface area contributed by atoms with Gasteiger partial charge in [0.2, 0.25) is 0 Å². The molecule has 0 fully saturated rings. The largest absolute Gasteiger partial charge is 0.472 e. The first-order chi connectivity index (χ1) is 27.3. The van der Waals surface area contributed by atoms with Crippen LogP contribution in [0.2, 0.25) is 0 Å². The lowest BCUT2D eigenvalue weighted by atomic mass is 10.0. The molecule has 0 aliphatic rings. The Morgan fingerprint density at radius 1 is 0.536 bits per heavy atom. The summed E-state index contributed by atoms with van der Waals surface area (Å²) in [6, 6.07) is 0. The summed E-state index contributed by atoms with van der Waals surface area (Å²) in [5.41, 5.74) is 5.35. The molecule has 328 valence electrons. The monoisotopic (exact) mass is 812 g/mol. The molecule has 0 aromatic carbocycles. The summed E-state index contributed by atoms with van der Waals surface area (Å²) in [6.45, 7) is 3.68. The fourth-order valence-corrected chi connectivity index (χ4v) is 7.11. The summed E-state index contributed by atoms with van der Waals surface area (Å²) in [5.74, 6) is -0.866. The van der Waals surface area contributed by atoms with Crippen LogP contribution in [-0.4, -0.2) is 49.3 Å². The van der Waals surface area contributed by atoms with E-state index in [2.05, 4.69) is 50.3 Å². The van der Waals surface area contributed by atoms with Crippen molar-refractivity contribution in [3.63, 3.8) is 0 Å². The van der Waals surface area contributed by atoms with E-state index in [-0.39, 0.29) is 38.6 Å². The van der Waals surface area contributed by atoms with E-state index in [1.807, 2.05) is 0 Å². The van der Waals surface area contributed by atoms with Crippen molar-refractivity contribution in [2.45, 2.75) is 219 Å². The highest BCUT2D eigenvalue weighted by molar-refractivity contribution is 7.47. The molecule has 0 bridgehead atoms.